The van der Waals surface area contributed by atoms with Gasteiger partial charge in [0.05, 0.1) is 6.61 Å². The van der Waals surface area contributed by atoms with E-state index in [-0.39, 0.29) is 11.8 Å². The Morgan fingerprint density at radius 1 is 1.29 bits per heavy atom. The molecule has 0 saturated carbocycles. The number of rotatable bonds is 4. The van der Waals surface area contributed by atoms with Gasteiger partial charge in [-0.05, 0) is 18.4 Å². The van der Waals surface area contributed by atoms with Gasteiger partial charge in [0.2, 0.25) is 5.91 Å². The van der Waals surface area contributed by atoms with E-state index in [0.29, 0.717) is 19.8 Å². The van der Waals surface area contributed by atoms with Crippen molar-refractivity contribution < 1.29 is 14.4 Å². The van der Waals surface area contributed by atoms with Crippen LogP contribution in [0.2, 0.25) is 0 Å². The first-order valence-electron chi connectivity index (χ1n) is 5.89. The number of carbonyl (C=O) groups excluding carboxylic acids is 1. The van der Waals surface area contributed by atoms with Crippen molar-refractivity contribution in [3.63, 3.8) is 0 Å². The van der Waals surface area contributed by atoms with Gasteiger partial charge in [0.15, 0.2) is 0 Å². The zero-order chi connectivity index (χ0) is 11.9. The summed E-state index contributed by atoms with van der Waals surface area (Å²) in [6.45, 7) is 1.73. The molecular formula is C13H17NO3. The van der Waals surface area contributed by atoms with Gasteiger partial charge in [-0.3, -0.25) is 9.63 Å². The van der Waals surface area contributed by atoms with Gasteiger partial charge in [0.25, 0.3) is 0 Å². The third-order valence-electron chi connectivity index (χ3n) is 2.85. The van der Waals surface area contributed by atoms with Crippen LogP contribution in [-0.2, 0) is 21.0 Å². The average molecular weight is 235 g/mol. The van der Waals surface area contributed by atoms with E-state index in [0.717, 1.165) is 18.4 Å². The third-order valence-corrected chi connectivity index (χ3v) is 2.85. The molecule has 1 saturated heterocycles. The van der Waals surface area contributed by atoms with Crippen molar-refractivity contribution >= 4 is 5.91 Å². The van der Waals surface area contributed by atoms with Crippen LogP contribution in [0.5, 0.6) is 0 Å². The fourth-order valence-corrected chi connectivity index (χ4v) is 1.81. The number of benzene rings is 1. The normalized spacial score (nSPS) is 16.7. The molecule has 4 nitrogen and oxygen atoms in total. The minimum Gasteiger partial charge on any atom is -0.381 e. The van der Waals surface area contributed by atoms with Gasteiger partial charge in [-0.2, -0.15) is 0 Å². The first kappa shape index (κ1) is 12.1. The quantitative estimate of drug-likeness (QED) is 0.807. The van der Waals surface area contributed by atoms with Crippen LogP contribution >= 0.6 is 0 Å². The zero-order valence-electron chi connectivity index (χ0n) is 9.72. The van der Waals surface area contributed by atoms with E-state index >= 15 is 0 Å². The van der Waals surface area contributed by atoms with Crippen molar-refractivity contribution in [3.05, 3.63) is 35.9 Å². The highest BCUT2D eigenvalue weighted by Crippen LogP contribution is 2.14. The van der Waals surface area contributed by atoms with E-state index in [1.807, 2.05) is 30.3 Å². The van der Waals surface area contributed by atoms with E-state index in [4.69, 9.17) is 9.57 Å². The first-order valence-corrected chi connectivity index (χ1v) is 5.89. The summed E-state index contributed by atoms with van der Waals surface area (Å²) >= 11 is 0. The second kappa shape index (κ2) is 6.37. The van der Waals surface area contributed by atoms with Crippen LogP contribution in [0.25, 0.3) is 0 Å². The summed E-state index contributed by atoms with van der Waals surface area (Å²) in [7, 11) is 0. The molecule has 0 radical (unpaired) electrons. The second-order valence-corrected chi connectivity index (χ2v) is 4.13. The van der Waals surface area contributed by atoms with Crippen molar-refractivity contribution in [3.8, 4) is 0 Å². The predicted molar refractivity (Wildman–Crippen MR) is 62.9 cm³/mol. The van der Waals surface area contributed by atoms with Gasteiger partial charge in [-0.25, -0.2) is 5.48 Å². The van der Waals surface area contributed by atoms with E-state index in [2.05, 4.69) is 5.48 Å². The molecule has 0 unspecified atom stereocenters. The van der Waals surface area contributed by atoms with Gasteiger partial charge < -0.3 is 4.74 Å². The van der Waals surface area contributed by atoms with Crippen molar-refractivity contribution in [2.75, 3.05) is 13.2 Å². The fraction of sp³-hybridized carbons (Fsp3) is 0.462. The average Bonchev–Trinajstić information content (AvgIpc) is 2.41. The van der Waals surface area contributed by atoms with Crippen molar-refractivity contribution in [1.29, 1.82) is 0 Å². The molecule has 0 spiro atoms. The lowest BCUT2D eigenvalue weighted by Crippen LogP contribution is -2.34. The van der Waals surface area contributed by atoms with Crippen molar-refractivity contribution in [1.82, 2.24) is 5.48 Å². The molecule has 1 fully saturated rings. The molecule has 4 heteroatoms. The monoisotopic (exact) mass is 235 g/mol. The Hall–Kier alpha value is -1.39. The lowest BCUT2D eigenvalue weighted by Gasteiger charge is -2.20. The topological polar surface area (TPSA) is 47.6 Å². The SMILES string of the molecule is O=C(NOCc1ccccc1)C1CCOCC1. The van der Waals surface area contributed by atoms with E-state index in [9.17, 15) is 4.79 Å². The second-order valence-electron chi connectivity index (χ2n) is 4.13. The summed E-state index contributed by atoms with van der Waals surface area (Å²) in [5.74, 6) is -0.0104. The van der Waals surface area contributed by atoms with Crippen LogP contribution < -0.4 is 5.48 Å². The highest BCUT2D eigenvalue weighted by Gasteiger charge is 2.21. The van der Waals surface area contributed by atoms with Gasteiger partial charge in [0.1, 0.15) is 0 Å². The molecule has 1 aliphatic heterocycles. The molecule has 1 aromatic carbocycles. The van der Waals surface area contributed by atoms with Crippen molar-refractivity contribution in [2.45, 2.75) is 19.4 Å². The Bertz CT molecular complexity index is 347. The smallest absolute Gasteiger partial charge is 0.246 e. The fourth-order valence-electron chi connectivity index (χ4n) is 1.81. The van der Waals surface area contributed by atoms with Crippen LogP contribution in [0.3, 0.4) is 0 Å². The Morgan fingerprint density at radius 3 is 2.71 bits per heavy atom. The number of amides is 1. The summed E-state index contributed by atoms with van der Waals surface area (Å²) in [4.78, 5) is 16.9. The number of hydrogen-bond acceptors (Lipinski definition) is 3. The predicted octanol–water partition coefficient (Wildman–Crippen LogP) is 1.66. The standard InChI is InChI=1S/C13H17NO3/c15-13(12-6-8-16-9-7-12)14-17-10-11-4-2-1-3-5-11/h1-5,12H,6-10H2,(H,14,15). The summed E-state index contributed by atoms with van der Waals surface area (Å²) in [5, 5.41) is 0. The van der Waals surface area contributed by atoms with Crippen LogP contribution in [0.1, 0.15) is 18.4 Å². The molecule has 2 rings (SSSR count). The molecule has 0 aromatic heterocycles. The number of ether oxygens (including phenoxy) is 1. The van der Waals surface area contributed by atoms with Gasteiger partial charge in [-0.1, -0.05) is 30.3 Å². The molecule has 92 valence electrons. The summed E-state index contributed by atoms with van der Waals surface area (Å²) in [6, 6.07) is 9.75. The number of nitrogens with one attached hydrogen (secondary N) is 1. The van der Waals surface area contributed by atoms with Gasteiger partial charge in [-0.15, -0.1) is 0 Å². The minimum absolute atomic E-state index is 0.0273. The van der Waals surface area contributed by atoms with Crippen molar-refractivity contribution in [2.24, 2.45) is 5.92 Å². The summed E-state index contributed by atoms with van der Waals surface area (Å²) in [6.07, 6.45) is 1.56. The van der Waals surface area contributed by atoms with E-state index < -0.39 is 0 Å². The Kier molecular flexibility index (Phi) is 4.53. The van der Waals surface area contributed by atoms with Crippen LogP contribution in [0.4, 0.5) is 0 Å². The molecule has 1 aromatic rings. The highest BCUT2D eigenvalue weighted by atomic mass is 16.6. The highest BCUT2D eigenvalue weighted by molar-refractivity contribution is 5.77. The number of carbonyl (C=O) groups is 1. The minimum atomic E-state index is -0.0377. The maximum atomic E-state index is 11.7. The Morgan fingerprint density at radius 2 is 2.00 bits per heavy atom. The molecule has 0 aliphatic carbocycles. The van der Waals surface area contributed by atoms with Crippen LogP contribution in [-0.4, -0.2) is 19.1 Å². The molecule has 1 aliphatic rings. The third kappa shape index (κ3) is 3.84. The van der Waals surface area contributed by atoms with Gasteiger partial charge in [0, 0.05) is 19.1 Å². The van der Waals surface area contributed by atoms with Crippen LogP contribution in [0, 0.1) is 5.92 Å². The molecule has 0 bridgehead atoms. The van der Waals surface area contributed by atoms with Gasteiger partial charge >= 0.3 is 0 Å². The molecule has 0 atom stereocenters. The number of hydrogen-bond donors (Lipinski definition) is 1. The maximum Gasteiger partial charge on any atom is 0.246 e. The van der Waals surface area contributed by atoms with Crippen LogP contribution in [0.15, 0.2) is 30.3 Å². The summed E-state index contributed by atoms with van der Waals surface area (Å²) < 4.78 is 5.20. The summed E-state index contributed by atoms with van der Waals surface area (Å²) in [5.41, 5.74) is 3.55. The zero-order valence-corrected chi connectivity index (χ0v) is 9.72. The molecule has 1 heterocycles. The molecule has 1 amide bonds. The number of hydroxylamine groups is 1. The molecule has 17 heavy (non-hydrogen) atoms. The maximum absolute atomic E-state index is 11.7. The largest absolute Gasteiger partial charge is 0.381 e. The molecular weight excluding hydrogens is 218 g/mol. The van der Waals surface area contributed by atoms with E-state index in [1.54, 1.807) is 0 Å². The lowest BCUT2D eigenvalue weighted by molar-refractivity contribution is -0.141. The lowest BCUT2D eigenvalue weighted by atomic mass is 10.00. The molecule has 1 N–H and O–H groups in total. The first-order chi connectivity index (χ1) is 8.36. The Labute approximate surface area is 101 Å². The van der Waals surface area contributed by atoms with E-state index in [1.165, 1.54) is 0 Å². The Balaban J connectivity index is 1.69.